The zero-order chi connectivity index (χ0) is 24.0. The second kappa shape index (κ2) is 8.70. The summed E-state index contributed by atoms with van der Waals surface area (Å²) in [7, 11) is 3.16. The average molecular weight is 500 g/mol. The third kappa shape index (κ3) is 3.78. The van der Waals surface area contributed by atoms with Crippen molar-refractivity contribution >= 4 is 34.6 Å². The number of methoxy groups -OCH3 is 2. The van der Waals surface area contributed by atoms with Gasteiger partial charge in [0, 0.05) is 40.3 Å². The first kappa shape index (κ1) is 22.3. The van der Waals surface area contributed by atoms with Gasteiger partial charge in [0.1, 0.15) is 5.75 Å². The van der Waals surface area contributed by atoms with Crippen molar-refractivity contribution in [1.29, 1.82) is 0 Å². The standard InChI is InChI=1S/C24H19Cl2N3O5/c1-32-21-7-6-13(9-22(21)33-2)19-12-20-17-10-15(25)11-18(26)23(17)34-24(28(20)27-19)14-4-3-5-16(8-14)29(30)31/h3-11,20,24H,12H2,1-2H3/t20-,24+/m0/s1. The second-order valence-electron chi connectivity index (χ2n) is 7.84. The van der Waals surface area contributed by atoms with Gasteiger partial charge in [0.15, 0.2) is 11.5 Å². The number of ether oxygens (including phenoxy) is 3. The lowest BCUT2D eigenvalue weighted by atomic mass is 9.95. The zero-order valence-corrected chi connectivity index (χ0v) is 19.7. The number of nitrogens with zero attached hydrogens (tertiary/aromatic N) is 3. The van der Waals surface area contributed by atoms with Gasteiger partial charge in [0.2, 0.25) is 6.23 Å². The number of benzene rings is 3. The van der Waals surface area contributed by atoms with E-state index in [4.69, 9.17) is 42.5 Å². The number of hydrogen-bond donors (Lipinski definition) is 0. The fourth-order valence-electron chi connectivity index (χ4n) is 4.32. The van der Waals surface area contributed by atoms with Gasteiger partial charge in [-0.15, -0.1) is 0 Å². The van der Waals surface area contributed by atoms with E-state index < -0.39 is 11.2 Å². The van der Waals surface area contributed by atoms with E-state index in [9.17, 15) is 10.1 Å². The Morgan fingerprint density at radius 3 is 2.62 bits per heavy atom. The summed E-state index contributed by atoms with van der Waals surface area (Å²) in [5, 5.41) is 18.9. The van der Waals surface area contributed by atoms with Crippen molar-refractivity contribution in [2.24, 2.45) is 5.10 Å². The van der Waals surface area contributed by atoms with E-state index >= 15 is 0 Å². The monoisotopic (exact) mass is 499 g/mol. The van der Waals surface area contributed by atoms with Gasteiger partial charge in [0.25, 0.3) is 5.69 Å². The molecule has 0 bridgehead atoms. The molecule has 174 valence electrons. The molecule has 34 heavy (non-hydrogen) atoms. The summed E-state index contributed by atoms with van der Waals surface area (Å²) in [5.41, 5.74) is 3.02. The van der Waals surface area contributed by atoms with Crippen molar-refractivity contribution in [3.63, 3.8) is 0 Å². The molecule has 0 unspecified atom stereocenters. The molecule has 0 aromatic heterocycles. The van der Waals surface area contributed by atoms with Crippen LogP contribution in [0.3, 0.4) is 0 Å². The lowest BCUT2D eigenvalue weighted by Crippen LogP contribution is -2.33. The Morgan fingerprint density at radius 1 is 1.09 bits per heavy atom. The molecule has 2 atom stereocenters. The molecule has 0 N–H and O–H groups in total. The van der Waals surface area contributed by atoms with Crippen LogP contribution >= 0.6 is 23.2 Å². The highest BCUT2D eigenvalue weighted by molar-refractivity contribution is 6.35. The zero-order valence-electron chi connectivity index (χ0n) is 18.2. The van der Waals surface area contributed by atoms with Crippen molar-refractivity contribution in [3.8, 4) is 17.2 Å². The number of hydrogen-bond acceptors (Lipinski definition) is 7. The van der Waals surface area contributed by atoms with Crippen LogP contribution in [0, 0.1) is 10.1 Å². The van der Waals surface area contributed by atoms with Gasteiger partial charge in [-0.2, -0.15) is 5.10 Å². The van der Waals surface area contributed by atoms with Gasteiger partial charge in [0.05, 0.1) is 35.9 Å². The minimum Gasteiger partial charge on any atom is -0.493 e. The maximum Gasteiger partial charge on any atom is 0.269 e. The highest BCUT2D eigenvalue weighted by Gasteiger charge is 2.42. The fourth-order valence-corrected chi connectivity index (χ4v) is 4.87. The Morgan fingerprint density at radius 2 is 1.88 bits per heavy atom. The van der Waals surface area contributed by atoms with E-state index in [1.54, 1.807) is 37.4 Å². The predicted molar refractivity (Wildman–Crippen MR) is 128 cm³/mol. The molecule has 5 rings (SSSR count). The van der Waals surface area contributed by atoms with Gasteiger partial charge in [-0.25, -0.2) is 5.01 Å². The van der Waals surface area contributed by atoms with Crippen LogP contribution < -0.4 is 14.2 Å². The Hall–Kier alpha value is -3.49. The number of halogens is 2. The molecule has 8 nitrogen and oxygen atoms in total. The Kier molecular flexibility index (Phi) is 5.71. The Bertz CT molecular complexity index is 1330. The highest BCUT2D eigenvalue weighted by atomic mass is 35.5. The molecule has 2 aliphatic heterocycles. The Labute approximate surface area is 205 Å². The Balaban J connectivity index is 1.62. The van der Waals surface area contributed by atoms with Crippen LogP contribution in [0.1, 0.15) is 35.4 Å². The van der Waals surface area contributed by atoms with Gasteiger partial charge >= 0.3 is 0 Å². The number of hydrazone groups is 1. The SMILES string of the molecule is COc1ccc(C2=NN3[C@@H](c4cccc([N+](=O)[O-])c4)Oc4c(Cl)cc(Cl)cc4[C@@H]3C2)cc1OC. The largest absolute Gasteiger partial charge is 0.493 e. The van der Waals surface area contributed by atoms with Crippen molar-refractivity contribution in [1.82, 2.24) is 5.01 Å². The topological polar surface area (TPSA) is 86.4 Å². The number of non-ortho nitro benzene ring substituents is 1. The third-order valence-electron chi connectivity index (χ3n) is 5.89. The normalized spacial score (nSPS) is 18.5. The smallest absolute Gasteiger partial charge is 0.269 e. The molecule has 0 radical (unpaired) electrons. The highest BCUT2D eigenvalue weighted by Crippen LogP contribution is 2.51. The van der Waals surface area contributed by atoms with Crippen molar-refractivity contribution in [3.05, 3.63) is 91.4 Å². The van der Waals surface area contributed by atoms with Gasteiger partial charge in [-0.1, -0.05) is 35.3 Å². The van der Waals surface area contributed by atoms with Gasteiger partial charge in [-0.3, -0.25) is 10.1 Å². The van der Waals surface area contributed by atoms with E-state index in [0.717, 1.165) is 16.8 Å². The summed E-state index contributed by atoms with van der Waals surface area (Å²) in [6, 6.07) is 15.1. The maximum atomic E-state index is 11.4. The van der Waals surface area contributed by atoms with E-state index in [1.807, 2.05) is 24.3 Å². The van der Waals surface area contributed by atoms with Crippen molar-refractivity contribution in [2.45, 2.75) is 18.7 Å². The summed E-state index contributed by atoms with van der Waals surface area (Å²) < 4.78 is 17.1. The average Bonchev–Trinajstić information content (AvgIpc) is 3.29. The molecule has 0 amide bonds. The first-order chi connectivity index (χ1) is 16.4. The predicted octanol–water partition coefficient (Wildman–Crippen LogP) is 6.16. The fraction of sp³-hybridized carbons (Fsp3) is 0.208. The van der Waals surface area contributed by atoms with Crippen molar-refractivity contribution < 1.29 is 19.1 Å². The van der Waals surface area contributed by atoms with Crippen molar-refractivity contribution in [2.75, 3.05) is 14.2 Å². The molecule has 10 heteroatoms. The number of rotatable bonds is 5. The number of nitro benzene ring substituents is 1. The van der Waals surface area contributed by atoms with Crippen LogP contribution in [0.4, 0.5) is 5.69 Å². The lowest BCUT2D eigenvalue weighted by molar-refractivity contribution is -0.385. The van der Waals surface area contributed by atoms with Gasteiger partial charge in [-0.05, 0) is 30.3 Å². The first-order valence-electron chi connectivity index (χ1n) is 10.4. The number of fused-ring (bicyclic) bond motifs is 3. The van der Waals surface area contributed by atoms with Gasteiger partial charge < -0.3 is 14.2 Å². The van der Waals surface area contributed by atoms with E-state index in [2.05, 4.69) is 0 Å². The third-order valence-corrected chi connectivity index (χ3v) is 6.39. The van der Waals surface area contributed by atoms with E-state index in [1.165, 1.54) is 12.1 Å². The summed E-state index contributed by atoms with van der Waals surface area (Å²) in [4.78, 5) is 10.9. The van der Waals surface area contributed by atoms with E-state index in [0.29, 0.717) is 39.3 Å². The molecular formula is C24H19Cl2N3O5. The minimum atomic E-state index is -0.714. The molecule has 0 spiro atoms. The summed E-state index contributed by atoms with van der Waals surface area (Å²) in [5.74, 6) is 1.70. The van der Waals surface area contributed by atoms with Crippen LogP contribution in [0.5, 0.6) is 17.2 Å². The molecule has 2 aliphatic rings. The second-order valence-corrected chi connectivity index (χ2v) is 8.69. The summed E-state index contributed by atoms with van der Waals surface area (Å²) in [6.45, 7) is 0. The van der Waals surface area contributed by atoms with E-state index in [-0.39, 0.29) is 11.7 Å². The van der Waals surface area contributed by atoms with Crippen LogP contribution in [-0.2, 0) is 0 Å². The molecule has 0 saturated heterocycles. The minimum absolute atomic E-state index is 0.0334. The van der Waals surface area contributed by atoms with Crippen LogP contribution in [0.2, 0.25) is 10.0 Å². The molecule has 3 aromatic rings. The number of nitro groups is 1. The molecule has 2 heterocycles. The summed E-state index contributed by atoms with van der Waals surface area (Å²) in [6.07, 6.45) is -0.165. The first-order valence-corrected chi connectivity index (χ1v) is 11.1. The molecule has 0 fully saturated rings. The quantitative estimate of drug-likeness (QED) is 0.308. The molecule has 0 saturated carbocycles. The van der Waals surface area contributed by atoms with Crippen LogP contribution in [0.15, 0.2) is 59.7 Å². The molecular weight excluding hydrogens is 481 g/mol. The summed E-state index contributed by atoms with van der Waals surface area (Å²) >= 11 is 12.8. The van der Waals surface area contributed by atoms with Crippen LogP contribution in [-0.4, -0.2) is 29.9 Å². The van der Waals surface area contributed by atoms with Crippen LogP contribution in [0.25, 0.3) is 0 Å². The molecule has 3 aromatic carbocycles. The lowest BCUT2D eigenvalue weighted by Gasteiger charge is -2.38. The molecule has 0 aliphatic carbocycles. The maximum absolute atomic E-state index is 11.4.